The number of hydrogen-bond donors (Lipinski definition) is 1. The molecule has 1 aromatic heterocycles. The Bertz CT molecular complexity index is 513. The molecule has 0 bridgehead atoms. The van der Waals surface area contributed by atoms with Gasteiger partial charge in [0, 0.05) is 12.4 Å². The van der Waals surface area contributed by atoms with Crippen molar-refractivity contribution in [3.8, 4) is 0 Å². The number of aryl methyl sites for hydroxylation is 1. The van der Waals surface area contributed by atoms with Crippen LogP contribution in [0.15, 0.2) is 18.5 Å². The highest BCUT2D eigenvalue weighted by molar-refractivity contribution is 7.92. The van der Waals surface area contributed by atoms with Crippen molar-refractivity contribution >= 4 is 9.84 Å². The van der Waals surface area contributed by atoms with Crippen molar-refractivity contribution in [2.45, 2.75) is 37.5 Å². The fraction of sp³-hybridized carbons (Fsp3) is 0.615. The van der Waals surface area contributed by atoms with Gasteiger partial charge in [-0.05, 0) is 44.0 Å². The summed E-state index contributed by atoms with van der Waals surface area (Å²) in [6.07, 6.45) is 6.03. The van der Waals surface area contributed by atoms with Crippen molar-refractivity contribution in [3.05, 3.63) is 29.6 Å². The summed E-state index contributed by atoms with van der Waals surface area (Å²) in [5.41, 5.74) is 2.08. The summed E-state index contributed by atoms with van der Waals surface area (Å²) in [5, 5.41) is 2.85. The van der Waals surface area contributed by atoms with Gasteiger partial charge in [0.1, 0.15) is 0 Å². The third-order valence-electron chi connectivity index (χ3n) is 3.73. The number of sulfone groups is 1. The van der Waals surface area contributed by atoms with Crippen molar-refractivity contribution in [1.29, 1.82) is 0 Å². The van der Waals surface area contributed by atoms with Gasteiger partial charge in [-0.3, -0.25) is 4.98 Å². The molecule has 1 fully saturated rings. The summed E-state index contributed by atoms with van der Waals surface area (Å²) in [5.74, 6) is 0.315. The molecule has 1 aliphatic rings. The number of aromatic nitrogens is 1. The van der Waals surface area contributed by atoms with Crippen LogP contribution in [0.1, 0.15) is 36.4 Å². The average Bonchev–Trinajstić information content (AvgIpc) is 2.34. The van der Waals surface area contributed by atoms with Crippen molar-refractivity contribution in [3.63, 3.8) is 0 Å². The van der Waals surface area contributed by atoms with Gasteiger partial charge in [0.2, 0.25) is 0 Å². The summed E-state index contributed by atoms with van der Waals surface area (Å²) in [6, 6.07) is 1.78. The van der Waals surface area contributed by atoms with Gasteiger partial charge in [0.05, 0.1) is 17.0 Å². The molecule has 1 saturated heterocycles. The first-order valence-corrected chi connectivity index (χ1v) is 8.07. The van der Waals surface area contributed by atoms with Gasteiger partial charge in [-0.25, -0.2) is 8.42 Å². The zero-order chi connectivity index (χ0) is 13.2. The number of rotatable bonds is 3. The molecule has 0 saturated carbocycles. The molecule has 0 aliphatic carbocycles. The van der Waals surface area contributed by atoms with Gasteiger partial charge in [-0.1, -0.05) is 6.42 Å². The number of nitrogens with zero attached hydrogens (tertiary/aromatic N) is 1. The molecule has 0 spiro atoms. The Hall–Kier alpha value is -0.940. The Morgan fingerprint density at radius 3 is 2.83 bits per heavy atom. The Morgan fingerprint density at radius 1 is 1.44 bits per heavy atom. The van der Waals surface area contributed by atoms with Gasteiger partial charge in [0.15, 0.2) is 9.84 Å². The topological polar surface area (TPSA) is 59.1 Å². The van der Waals surface area contributed by atoms with E-state index in [1.165, 1.54) is 0 Å². The van der Waals surface area contributed by atoms with Crippen LogP contribution < -0.4 is 5.32 Å². The van der Waals surface area contributed by atoms with Crippen LogP contribution in [-0.2, 0) is 9.84 Å². The Balaban J connectivity index is 2.37. The Kier molecular flexibility index (Phi) is 4.02. The molecule has 2 unspecified atom stereocenters. The highest BCUT2D eigenvalue weighted by Gasteiger charge is 2.36. The Morgan fingerprint density at radius 2 is 2.22 bits per heavy atom. The van der Waals surface area contributed by atoms with E-state index in [0.717, 1.165) is 30.4 Å². The fourth-order valence-electron chi connectivity index (χ4n) is 2.70. The first kappa shape index (κ1) is 13.5. The van der Waals surface area contributed by atoms with Crippen LogP contribution in [-0.4, -0.2) is 31.5 Å². The standard InChI is InChI=1S/C13H20N2O2S/c1-10-6-7-15-9-11(10)13(14-2)12-5-3-4-8-18(12,16)17/h6-7,9,12-14H,3-5,8H2,1-2H3. The predicted molar refractivity (Wildman–Crippen MR) is 72.2 cm³/mol. The van der Waals surface area contributed by atoms with Gasteiger partial charge < -0.3 is 5.32 Å². The third kappa shape index (κ3) is 2.57. The molecule has 0 radical (unpaired) electrons. The second-order valence-corrected chi connectivity index (χ2v) is 7.24. The van der Waals surface area contributed by atoms with E-state index in [-0.39, 0.29) is 11.3 Å². The number of pyridine rings is 1. The minimum absolute atomic E-state index is 0.149. The molecule has 1 aliphatic heterocycles. The summed E-state index contributed by atoms with van der Waals surface area (Å²) in [7, 11) is -1.17. The zero-order valence-corrected chi connectivity index (χ0v) is 11.7. The molecule has 1 aromatic rings. The molecule has 0 aromatic carbocycles. The first-order chi connectivity index (χ1) is 8.56. The van der Waals surface area contributed by atoms with Crippen LogP contribution in [0.4, 0.5) is 0 Å². The molecular weight excluding hydrogens is 248 g/mol. The van der Waals surface area contributed by atoms with Gasteiger partial charge in [0.25, 0.3) is 0 Å². The maximum Gasteiger partial charge on any atom is 0.155 e. The molecule has 2 atom stereocenters. The second kappa shape index (κ2) is 5.36. The van der Waals surface area contributed by atoms with E-state index in [2.05, 4.69) is 10.3 Å². The molecule has 0 amide bonds. The smallest absolute Gasteiger partial charge is 0.155 e. The molecule has 2 heterocycles. The van der Waals surface area contributed by atoms with E-state index < -0.39 is 9.84 Å². The van der Waals surface area contributed by atoms with E-state index in [0.29, 0.717) is 5.75 Å². The quantitative estimate of drug-likeness (QED) is 0.905. The zero-order valence-electron chi connectivity index (χ0n) is 10.9. The Labute approximate surface area is 109 Å². The molecule has 4 nitrogen and oxygen atoms in total. The van der Waals surface area contributed by atoms with Crippen LogP contribution in [0, 0.1) is 6.92 Å². The molecule has 2 rings (SSSR count). The second-order valence-electron chi connectivity index (χ2n) is 4.90. The molecule has 18 heavy (non-hydrogen) atoms. The monoisotopic (exact) mass is 268 g/mol. The van der Waals surface area contributed by atoms with Crippen molar-refractivity contribution in [2.24, 2.45) is 0 Å². The van der Waals surface area contributed by atoms with E-state index in [4.69, 9.17) is 0 Å². The highest BCUT2D eigenvalue weighted by atomic mass is 32.2. The predicted octanol–water partition coefficient (Wildman–Crippen LogP) is 1.62. The summed E-state index contributed by atoms with van der Waals surface area (Å²) < 4.78 is 24.4. The first-order valence-electron chi connectivity index (χ1n) is 6.35. The van der Waals surface area contributed by atoms with Crippen LogP contribution in [0.2, 0.25) is 0 Å². The molecule has 100 valence electrons. The van der Waals surface area contributed by atoms with E-state index in [1.807, 2.05) is 20.0 Å². The van der Waals surface area contributed by atoms with Crippen LogP contribution in [0.3, 0.4) is 0 Å². The fourth-order valence-corrected chi connectivity index (χ4v) is 4.83. The largest absolute Gasteiger partial charge is 0.312 e. The van der Waals surface area contributed by atoms with Gasteiger partial charge in [-0.2, -0.15) is 0 Å². The number of nitrogens with one attached hydrogen (secondary N) is 1. The minimum Gasteiger partial charge on any atom is -0.312 e. The molecule has 5 heteroatoms. The normalized spacial score (nSPS) is 24.7. The third-order valence-corrected chi connectivity index (χ3v) is 6.01. The van der Waals surface area contributed by atoms with Crippen LogP contribution >= 0.6 is 0 Å². The lowest BCUT2D eigenvalue weighted by Gasteiger charge is -2.30. The lowest BCUT2D eigenvalue weighted by Crippen LogP contribution is -2.39. The summed E-state index contributed by atoms with van der Waals surface area (Å²) in [6.45, 7) is 2.00. The summed E-state index contributed by atoms with van der Waals surface area (Å²) in [4.78, 5) is 4.12. The van der Waals surface area contributed by atoms with E-state index >= 15 is 0 Å². The molecular formula is C13H20N2O2S. The maximum absolute atomic E-state index is 12.2. The number of hydrogen-bond acceptors (Lipinski definition) is 4. The van der Waals surface area contributed by atoms with Crippen molar-refractivity contribution in [1.82, 2.24) is 10.3 Å². The minimum atomic E-state index is -2.99. The summed E-state index contributed by atoms with van der Waals surface area (Å²) >= 11 is 0. The van der Waals surface area contributed by atoms with Gasteiger partial charge in [-0.15, -0.1) is 0 Å². The van der Waals surface area contributed by atoms with Gasteiger partial charge >= 0.3 is 0 Å². The molecule has 1 N–H and O–H groups in total. The van der Waals surface area contributed by atoms with Crippen molar-refractivity contribution < 1.29 is 8.42 Å². The highest BCUT2D eigenvalue weighted by Crippen LogP contribution is 2.31. The lowest BCUT2D eigenvalue weighted by molar-refractivity contribution is 0.467. The SMILES string of the molecule is CNC(c1cnccc1C)C1CCCCS1(=O)=O. The van der Waals surface area contributed by atoms with Crippen LogP contribution in [0.25, 0.3) is 0 Å². The van der Waals surface area contributed by atoms with E-state index in [1.54, 1.807) is 12.4 Å². The van der Waals surface area contributed by atoms with E-state index in [9.17, 15) is 8.42 Å². The van der Waals surface area contributed by atoms with Crippen LogP contribution in [0.5, 0.6) is 0 Å². The van der Waals surface area contributed by atoms with Crippen molar-refractivity contribution in [2.75, 3.05) is 12.8 Å². The lowest BCUT2D eigenvalue weighted by atomic mass is 9.98. The average molecular weight is 268 g/mol. The maximum atomic E-state index is 12.2.